The molecule has 0 spiro atoms. The first-order valence-electron chi connectivity index (χ1n) is 8.35. The van der Waals surface area contributed by atoms with Gasteiger partial charge >= 0.3 is 6.18 Å². The lowest BCUT2D eigenvalue weighted by atomic mass is 9.74. The van der Waals surface area contributed by atoms with Crippen LogP contribution in [0.1, 0.15) is 45.6 Å². The summed E-state index contributed by atoms with van der Waals surface area (Å²) in [5.41, 5.74) is 6.43. The predicted octanol–water partition coefficient (Wildman–Crippen LogP) is 5.88. The van der Waals surface area contributed by atoms with Gasteiger partial charge in [-0.3, -0.25) is 5.43 Å². The van der Waals surface area contributed by atoms with E-state index in [1.807, 2.05) is 0 Å². The topological polar surface area (TPSA) is 36.1 Å². The number of allylic oxidation sites excluding steroid dienone is 2. The van der Waals surface area contributed by atoms with Gasteiger partial charge in [0.15, 0.2) is 5.11 Å². The second-order valence-electron chi connectivity index (χ2n) is 7.46. The number of nitrogens with one attached hydrogen (secondary N) is 3. The molecule has 0 bridgehead atoms. The minimum Gasteiger partial charge on any atom is -0.330 e. The number of hydrazine groups is 1. The molecule has 1 aliphatic rings. The quantitative estimate of drug-likeness (QED) is 0.433. The van der Waals surface area contributed by atoms with Gasteiger partial charge in [0, 0.05) is 5.70 Å². The van der Waals surface area contributed by atoms with Gasteiger partial charge in [0.1, 0.15) is 0 Å². The highest BCUT2D eigenvalue weighted by Gasteiger charge is 2.31. The fourth-order valence-electron chi connectivity index (χ4n) is 2.82. The zero-order chi connectivity index (χ0) is 19.5. The van der Waals surface area contributed by atoms with E-state index in [1.54, 1.807) is 0 Å². The zero-order valence-corrected chi connectivity index (χ0v) is 16.5. The van der Waals surface area contributed by atoms with Crippen LogP contribution in [0.15, 0.2) is 30.0 Å². The van der Waals surface area contributed by atoms with E-state index in [9.17, 15) is 13.2 Å². The first kappa shape index (κ1) is 20.8. The minimum atomic E-state index is -4.44. The number of thiocarbonyl (C=S) groups is 1. The molecule has 0 unspecified atom stereocenters. The Kier molecular flexibility index (Phi) is 6.45. The van der Waals surface area contributed by atoms with Gasteiger partial charge in [-0.2, -0.15) is 13.2 Å². The van der Waals surface area contributed by atoms with Gasteiger partial charge in [-0.05, 0) is 61.0 Å². The van der Waals surface area contributed by atoms with Crippen LogP contribution in [0.3, 0.4) is 0 Å². The molecule has 1 atom stereocenters. The molecule has 0 aliphatic heterocycles. The molecular weight excluding hydrogens is 383 g/mol. The Morgan fingerprint density at radius 1 is 1.23 bits per heavy atom. The standard InChI is InChI=1S/C18H23ClF3N3S/c1-17(2,3)11-4-7-13(8-5-11)24-25-16(26)23-15-10-12(18(20,21)22)6-9-14(15)19/h6-7,9-11,24H,4-5,8H2,1-3H3,(H2,23,25,26)/t11-/m0/s1. The first-order valence-corrected chi connectivity index (χ1v) is 9.14. The Morgan fingerprint density at radius 2 is 1.92 bits per heavy atom. The summed E-state index contributed by atoms with van der Waals surface area (Å²) in [5.74, 6) is 0.627. The van der Waals surface area contributed by atoms with Crippen LogP contribution < -0.4 is 16.2 Å². The average molecular weight is 406 g/mol. The fourth-order valence-corrected chi connectivity index (χ4v) is 3.15. The lowest BCUT2D eigenvalue weighted by molar-refractivity contribution is -0.137. The lowest BCUT2D eigenvalue weighted by Crippen LogP contribution is -2.40. The number of hydrogen-bond donors (Lipinski definition) is 3. The number of anilines is 1. The van der Waals surface area contributed by atoms with Gasteiger partial charge < -0.3 is 10.7 Å². The van der Waals surface area contributed by atoms with Crippen molar-refractivity contribution in [2.24, 2.45) is 11.3 Å². The van der Waals surface area contributed by atoms with Gasteiger partial charge in [0.05, 0.1) is 16.3 Å². The van der Waals surface area contributed by atoms with Crippen molar-refractivity contribution < 1.29 is 13.2 Å². The molecule has 0 amide bonds. The van der Waals surface area contributed by atoms with Gasteiger partial charge in [-0.25, -0.2) is 0 Å². The van der Waals surface area contributed by atoms with Crippen LogP contribution in [0.25, 0.3) is 0 Å². The SMILES string of the molecule is CC(C)(C)[C@H]1CC=C(NNC(=S)Nc2cc(C(F)(F)F)ccc2Cl)CC1. The van der Waals surface area contributed by atoms with Crippen molar-refractivity contribution in [3.63, 3.8) is 0 Å². The van der Waals surface area contributed by atoms with Crippen molar-refractivity contribution in [2.75, 3.05) is 5.32 Å². The summed E-state index contributed by atoms with van der Waals surface area (Å²) < 4.78 is 38.4. The predicted molar refractivity (Wildman–Crippen MR) is 104 cm³/mol. The third-order valence-corrected chi connectivity index (χ3v) is 5.05. The molecule has 1 aromatic carbocycles. The molecule has 0 aromatic heterocycles. The Hall–Kier alpha value is -1.47. The van der Waals surface area contributed by atoms with Crippen LogP contribution in [0, 0.1) is 11.3 Å². The molecule has 0 heterocycles. The van der Waals surface area contributed by atoms with Crippen molar-refractivity contribution in [3.05, 3.63) is 40.6 Å². The summed E-state index contributed by atoms with van der Waals surface area (Å²) in [5, 5.41) is 3.00. The number of hydrogen-bond acceptors (Lipinski definition) is 2. The fraction of sp³-hybridized carbons (Fsp3) is 0.500. The van der Waals surface area contributed by atoms with E-state index in [1.165, 1.54) is 6.07 Å². The van der Waals surface area contributed by atoms with Crippen LogP contribution in [0.5, 0.6) is 0 Å². The maximum atomic E-state index is 12.8. The molecule has 8 heteroatoms. The molecule has 0 saturated heterocycles. The van der Waals surface area contributed by atoms with Gasteiger partial charge in [-0.1, -0.05) is 38.4 Å². The second-order valence-corrected chi connectivity index (χ2v) is 8.28. The Bertz CT molecular complexity index is 696. The van der Waals surface area contributed by atoms with Crippen LogP contribution >= 0.6 is 23.8 Å². The van der Waals surface area contributed by atoms with Gasteiger partial charge in [-0.15, -0.1) is 0 Å². The lowest BCUT2D eigenvalue weighted by Gasteiger charge is -2.33. The van der Waals surface area contributed by atoms with E-state index in [-0.39, 0.29) is 21.2 Å². The highest BCUT2D eigenvalue weighted by Crippen LogP contribution is 2.36. The normalized spacial score (nSPS) is 18.1. The summed E-state index contributed by atoms with van der Waals surface area (Å²) in [6, 6.07) is 3.06. The number of alkyl halides is 3. The van der Waals surface area contributed by atoms with Crippen LogP contribution in [0.4, 0.5) is 18.9 Å². The van der Waals surface area contributed by atoms with Crippen molar-refractivity contribution in [1.29, 1.82) is 0 Å². The number of halogens is 4. The zero-order valence-electron chi connectivity index (χ0n) is 14.9. The molecule has 0 saturated carbocycles. The van der Waals surface area contributed by atoms with E-state index >= 15 is 0 Å². The second kappa shape index (κ2) is 8.05. The molecular formula is C18H23ClF3N3S. The van der Waals surface area contributed by atoms with Crippen LogP contribution in [-0.2, 0) is 6.18 Å². The summed E-state index contributed by atoms with van der Waals surface area (Å²) in [4.78, 5) is 0. The summed E-state index contributed by atoms with van der Waals surface area (Å²) in [6.07, 6.45) is 0.635. The first-order chi connectivity index (χ1) is 12.0. The van der Waals surface area contributed by atoms with Crippen molar-refractivity contribution in [3.8, 4) is 0 Å². The molecule has 1 aliphatic carbocycles. The van der Waals surface area contributed by atoms with E-state index in [0.29, 0.717) is 5.92 Å². The third-order valence-electron chi connectivity index (χ3n) is 4.51. The highest BCUT2D eigenvalue weighted by atomic mass is 35.5. The largest absolute Gasteiger partial charge is 0.416 e. The molecule has 1 aromatic rings. The molecule has 26 heavy (non-hydrogen) atoms. The summed E-state index contributed by atoms with van der Waals surface area (Å²) in [6.45, 7) is 6.71. The summed E-state index contributed by atoms with van der Waals surface area (Å²) in [7, 11) is 0. The maximum Gasteiger partial charge on any atom is 0.416 e. The Balaban J connectivity index is 1.91. The van der Waals surface area contributed by atoms with Crippen molar-refractivity contribution in [1.82, 2.24) is 10.9 Å². The van der Waals surface area contributed by atoms with Crippen LogP contribution in [-0.4, -0.2) is 5.11 Å². The Labute approximate surface area is 162 Å². The van der Waals surface area contributed by atoms with Gasteiger partial charge in [0.2, 0.25) is 0 Å². The highest BCUT2D eigenvalue weighted by molar-refractivity contribution is 7.80. The number of rotatable bonds is 3. The van der Waals surface area contributed by atoms with Crippen molar-refractivity contribution >= 4 is 34.6 Å². The van der Waals surface area contributed by atoms with E-state index in [0.717, 1.165) is 37.1 Å². The van der Waals surface area contributed by atoms with Crippen molar-refractivity contribution in [2.45, 2.75) is 46.2 Å². The minimum absolute atomic E-state index is 0.103. The van der Waals surface area contributed by atoms with Crippen LogP contribution in [0.2, 0.25) is 5.02 Å². The smallest absolute Gasteiger partial charge is 0.330 e. The Morgan fingerprint density at radius 3 is 2.46 bits per heavy atom. The van der Waals surface area contributed by atoms with Gasteiger partial charge in [0.25, 0.3) is 0 Å². The molecule has 0 fully saturated rings. The monoisotopic (exact) mass is 405 g/mol. The molecule has 144 valence electrons. The van der Waals surface area contributed by atoms with E-state index in [4.69, 9.17) is 23.8 Å². The number of benzene rings is 1. The third kappa shape index (κ3) is 5.77. The van der Waals surface area contributed by atoms with E-state index in [2.05, 4.69) is 43.0 Å². The molecule has 3 nitrogen and oxygen atoms in total. The average Bonchev–Trinajstić information content (AvgIpc) is 2.53. The summed E-state index contributed by atoms with van der Waals surface area (Å²) >= 11 is 11.1. The maximum absolute atomic E-state index is 12.8. The molecule has 3 N–H and O–H groups in total. The molecule has 0 radical (unpaired) electrons. The van der Waals surface area contributed by atoms with E-state index < -0.39 is 11.7 Å². The molecule has 2 rings (SSSR count).